The van der Waals surface area contributed by atoms with E-state index in [9.17, 15) is 9.90 Å². The van der Waals surface area contributed by atoms with Gasteiger partial charge in [0.05, 0.1) is 0 Å². The minimum Gasteiger partial charge on any atom is -0.508 e. The average molecular weight is 208 g/mol. The van der Waals surface area contributed by atoms with E-state index in [1.54, 1.807) is 18.2 Å². The molecule has 1 unspecified atom stereocenters. The molecule has 0 heterocycles. The summed E-state index contributed by atoms with van der Waals surface area (Å²) in [4.78, 5) is 10.6. The Kier molecular flexibility index (Phi) is 4.12. The number of phenolic OH excluding ortho intramolecular Hbond substituents is 1. The van der Waals surface area contributed by atoms with Gasteiger partial charge in [0.2, 0.25) is 5.91 Å². The molecular formula is C11H16N2O2. The molecule has 0 aliphatic heterocycles. The van der Waals surface area contributed by atoms with Crippen molar-refractivity contribution < 1.29 is 9.90 Å². The summed E-state index contributed by atoms with van der Waals surface area (Å²) in [5, 5.41) is 12.4. The highest BCUT2D eigenvalue weighted by Crippen LogP contribution is 2.10. The first-order valence-corrected chi connectivity index (χ1v) is 4.87. The van der Waals surface area contributed by atoms with E-state index < -0.39 is 0 Å². The standard InChI is InChI=1S/C11H16N2O2/c1-8(5-11(12)15)13-7-9-3-2-4-10(14)6-9/h2-4,6,8,13-14H,5,7H2,1H3,(H2,12,15). The van der Waals surface area contributed by atoms with E-state index in [2.05, 4.69) is 5.32 Å². The molecule has 82 valence electrons. The van der Waals surface area contributed by atoms with Crippen molar-refractivity contribution in [1.82, 2.24) is 5.32 Å². The molecule has 4 nitrogen and oxygen atoms in total. The Labute approximate surface area is 89.1 Å². The first kappa shape index (κ1) is 11.5. The number of nitrogens with two attached hydrogens (primary N) is 1. The molecule has 0 aromatic heterocycles. The minimum atomic E-state index is -0.314. The van der Waals surface area contributed by atoms with Crippen molar-refractivity contribution in [2.45, 2.75) is 25.9 Å². The van der Waals surface area contributed by atoms with Crippen LogP contribution >= 0.6 is 0 Å². The van der Waals surface area contributed by atoms with Gasteiger partial charge in [0.25, 0.3) is 0 Å². The molecule has 1 aromatic carbocycles. The predicted octanol–water partition coefficient (Wildman–Crippen LogP) is 0.746. The fourth-order valence-electron chi connectivity index (χ4n) is 1.33. The van der Waals surface area contributed by atoms with E-state index in [0.29, 0.717) is 13.0 Å². The van der Waals surface area contributed by atoms with Gasteiger partial charge in [0.15, 0.2) is 0 Å². The molecule has 0 saturated carbocycles. The molecule has 0 aliphatic carbocycles. The number of hydrogen-bond donors (Lipinski definition) is 3. The molecule has 15 heavy (non-hydrogen) atoms. The van der Waals surface area contributed by atoms with Crippen molar-refractivity contribution >= 4 is 5.91 Å². The van der Waals surface area contributed by atoms with Gasteiger partial charge in [-0.1, -0.05) is 12.1 Å². The molecule has 1 rings (SSSR count). The maximum absolute atomic E-state index is 10.6. The lowest BCUT2D eigenvalue weighted by Crippen LogP contribution is -2.30. The summed E-state index contributed by atoms with van der Waals surface area (Å²) in [6.07, 6.45) is 0.318. The number of nitrogens with one attached hydrogen (secondary N) is 1. The van der Waals surface area contributed by atoms with Crippen LogP contribution in [0.3, 0.4) is 0 Å². The van der Waals surface area contributed by atoms with Crippen molar-refractivity contribution in [3.05, 3.63) is 29.8 Å². The lowest BCUT2D eigenvalue weighted by Gasteiger charge is -2.11. The van der Waals surface area contributed by atoms with Crippen LogP contribution in [0.25, 0.3) is 0 Å². The second-order valence-corrected chi connectivity index (χ2v) is 3.62. The molecule has 0 bridgehead atoms. The Morgan fingerprint density at radius 3 is 2.93 bits per heavy atom. The zero-order chi connectivity index (χ0) is 11.3. The second-order valence-electron chi connectivity index (χ2n) is 3.62. The maximum Gasteiger partial charge on any atom is 0.218 e. The van der Waals surface area contributed by atoms with Crippen LogP contribution < -0.4 is 11.1 Å². The number of benzene rings is 1. The highest BCUT2D eigenvalue weighted by atomic mass is 16.3. The third-order valence-corrected chi connectivity index (χ3v) is 2.07. The van der Waals surface area contributed by atoms with E-state index in [4.69, 9.17) is 5.73 Å². The molecule has 1 atom stereocenters. The Hall–Kier alpha value is -1.55. The zero-order valence-corrected chi connectivity index (χ0v) is 8.73. The first-order valence-electron chi connectivity index (χ1n) is 4.87. The van der Waals surface area contributed by atoms with Crippen LogP contribution in [0.5, 0.6) is 5.75 Å². The number of hydrogen-bond acceptors (Lipinski definition) is 3. The van der Waals surface area contributed by atoms with Gasteiger partial charge < -0.3 is 16.2 Å². The van der Waals surface area contributed by atoms with Crippen molar-refractivity contribution in [2.24, 2.45) is 5.73 Å². The second kappa shape index (κ2) is 5.36. The molecule has 4 N–H and O–H groups in total. The molecule has 1 aromatic rings. The Morgan fingerprint density at radius 2 is 2.33 bits per heavy atom. The maximum atomic E-state index is 10.6. The molecule has 0 aliphatic rings. The summed E-state index contributed by atoms with van der Waals surface area (Å²) in [5.74, 6) is -0.0669. The number of carbonyl (C=O) groups is 1. The Bertz CT molecular complexity index is 339. The van der Waals surface area contributed by atoms with E-state index in [0.717, 1.165) is 5.56 Å². The number of aromatic hydroxyl groups is 1. The molecule has 0 spiro atoms. The molecule has 0 saturated heterocycles. The van der Waals surface area contributed by atoms with E-state index in [1.807, 2.05) is 13.0 Å². The van der Waals surface area contributed by atoms with Gasteiger partial charge in [-0.15, -0.1) is 0 Å². The summed E-state index contributed by atoms with van der Waals surface area (Å²) in [6, 6.07) is 7.04. The molecule has 0 radical (unpaired) electrons. The topological polar surface area (TPSA) is 75.4 Å². The number of rotatable bonds is 5. The monoisotopic (exact) mass is 208 g/mol. The van der Waals surface area contributed by atoms with Gasteiger partial charge in [0, 0.05) is 19.0 Å². The highest BCUT2D eigenvalue weighted by molar-refractivity contribution is 5.74. The summed E-state index contributed by atoms with van der Waals surface area (Å²) >= 11 is 0. The van der Waals surface area contributed by atoms with Crippen LogP contribution in [-0.4, -0.2) is 17.1 Å². The van der Waals surface area contributed by atoms with Gasteiger partial charge >= 0.3 is 0 Å². The summed E-state index contributed by atoms with van der Waals surface area (Å²) in [5.41, 5.74) is 6.05. The van der Waals surface area contributed by atoms with Gasteiger partial charge in [-0.2, -0.15) is 0 Å². The third kappa shape index (κ3) is 4.46. The van der Waals surface area contributed by atoms with Gasteiger partial charge in [-0.3, -0.25) is 4.79 Å². The smallest absolute Gasteiger partial charge is 0.218 e. The van der Waals surface area contributed by atoms with Crippen molar-refractivity contribution in [3.8, 4) is 5.75 Å². The van der Waals surface area contributed by atoms with Crippen molar-refractivity contribution in [1.29, 1.82) is 0 Å². The van der Waals surface area contributed by atoms with Crippen molar-refractivity contribution in [2.75, 3.05) is 0 Å². The summed E-state index contributed by atoms with van der Waals surface area (Å²) < 4.78 is 0. The van der Waals surface area contributed by atoms with Crippen molar-refractivity contribution in [3.63, 3.8) is 0 Å². The van der Waals surface area contributed by atoms with Crippen LogP contribution in [0.1, 0.15) is 18.9 Å². The zero-order valence-electron chi connectivity index (χ0n) is 8.73. The number of carbonyl (C=O) groups excluding carboxylic acids is 1. The summed E-state index contributed by atoms with van der Waals surface area (Å²) in [6.45, 7) is 2.51. The average Bonchev–Trinajstić information content (AvgIpc) is 2.14. The molecule has 0 fully saturated rings. The van der Waals surface area contributed by atoms with Gasteiger partial charge in [-0.25, -0.2) is 0 Å². The fourth-order valence-corrected chi connectivity index (χ4v) is 1.33. The molecular weight excluding hydrogens is 192 g/mol. The molecule has 1 amide bonds. The van der Waals surface area contributed by atoms with Crippen LogP contribution in [0, 0.1) is 0 Å². The van der Waals surface area contributed by atoms with Gasteiger partial charge in [-0.05, 0) is 24.6 Å². The SMILES string of the molecule is CC(CC(N)=O)NCc1cccc(O)c1. The highest BCUT2D eigenvalue weighted by Gasteiger charge is 2.04. The fraction of sp³-hybridized carbons (Fsp3) is 0.364. The minimum absolute atomic E-state index is 0.0462. The lowest BCUT2D eigenvalue weighted by atomic mass is 10.2. The lowest BCUT2D eigenvalue weighted by molar-refractivity contribution is -0.118. The van der Waals surface area contributed by atoms with Crippen LogP contribution in [0.4, 0.5) is 0 Å². The van der Waals surface area contributed by atoms with Crippen LogP contribution in [0.15, 0.2) is 24.3 Å². The number of amides is 1. The van der Waals surface area contributed by atoms with Crippen LogP contribution in [0.2, 0.25) is 0 Å². The largest absolute Gasteiger partial charge is 0.508 e. The van der Waals surface area contributed by atoms with E-state index in [1.165, 1.54) is 0 Å². The van der Waals surface area contributed by atoms with E-state index >= 15 is 0 Å². The number of primary amides is 1. The quantitative estimate of drug-likeness (QED) is 0.668. The normalized spacial score (nSPS) is 12.3. The van der Waals surface area contributed by atoms with Crippen LogP contribution in [-0.2, 0) is 11.3 Å². The summed E-state index contributed by atoms with van der Waals surface area (Å²) in [7, 11) is 0. The third-order valence-electron chi connectivity index (χ3n) is 2.07. The first-order chi connectivity index (χ1) is 7.08. The Morgan fingerprint density at radius 1 is 1.60 bits per heavy atom. The Balaban J connectivity index is 2.40. The predicted molar refractivity (Wildman–Crippen MR) is 58.2 cm³/mol. The molecule has 4 heteroatoms. The van der Waals surface area contributed by atoms with E-state index in [-0.39, 0.29) is 17.7 Å². The van der Waals surface area contributed by atoms with Gasteiger partial charge in [0.1, 0.15) is 5.75 Å². The number of phenols is 1.